The number of carbonyl (C=O) groups is 2. The number of aromatic amines is 1. The number of rotatable bonds is 8. The summed E-state index contributed by atoms with van der Waals surface area (Å²) in [4.78, 5) is 35.1. The van der Waals surface area contributed by atoms with Crippen molar-refractivity contribution in [3.63, 3.8) is 0 Å². The van der Waals surface area contributed by atoms with Gasteiger partial charge in [-0.05, 0) is 49.9 Å². The van der Waals surface area contributed by atoms with Gasteiger partial charge in [-0.25, -0.2) is 4.98 Å². The molecule has 8 nitrogen and oxygen atoms in total. The maximum absolute atomic E-state index is 13.4. The quantitative estimate of drug-likeness (QED) is 0.518. The molecule has 3 heterocycles. The Balaban J connectivity index is 1.77. The number of carbonyl (C=O) groups excluding carboxylic acids is 2. The van der Waals surface area contributed by atoms with Crippen molar-refractivity contribution >= 4 is 22.8 Å². The number of amides is 2. The van der Waals surface area contributed by atoms with Gasteiger partial charge in [-0.2, -0.15) is 0 Å². The lowest BCUT2D eigenvalue weighted by Gasteiger charge is -2.32. The number of hydrogen-bond acceptors (Lipinski definition) is 5. The van der Waals surface area contributed by atoms with Crippen LogP contribution in [0.25, 0.3) is 11.0 Å². The number of likely N-dealkylation sites (tertiary alicyclic amines) is 1. The van der Waals surface area contributed by atoms with Crippen LogP contribution in [-0.2, 0) is 16.0 Å². The molecule has 1 unspecified atom stereocenters. The van der Waals surface area contributed by atoms with Crippen molar-refractivity contribution in [1.82, 2.24) is 25.5 Å². The number of H-pyrrole nitrogens is 1. The lowest BCUT2D eigenvalue weighted by Crippen LogP contribution is -2.56. The molecule has 1 aliphatic heterocycles. The SMILES string of the molecule is CCN[C@@H](C)C(=O)N[C@H](C(=O)N1CCC(O)[C@@H]1Cc1c[nH]c2ncccc12)C(C)C. The van der Waals surface area contributed by atoms with Gasteiger partial charge in [0.1, 0.15) is 11.7 Å². The van der Waals surface area contributed by atoms with E-state index in [-0.39, 0.29) is 29.8 Å². The number of hydrogen-bond donors (Lipinski definition) is 4. The molecule has 1 saturated heterocycles. The van der Waals surface area contributed by atoms with E-state index in [1.165, 1.54) is 0 Å². The summed E-state index contributed by atoms with van der Waals surface area (Å²) in [5.41, 5.74) is 1.82. The molecule has 4 atom stereocenters. The van der Waals surface area contributed by atoms with Crippen molar-refractivity contribution in [2.24, 2.45) is 5.92 Å². The number of nitrogens with zero attached hydrogens (tertiary/aromatic N) is 2. The molecule has 164 valence electrons. The van der Waals surface area contributed by atoms with Gasteiger partial charge in [0.25, 0.3) is 0 Å². The van der Waals surface area contributed by atoms with Gasteiger partial charge in [0.15, 0.2) is 0 Å². The average Bonchev–Trinajstić information content (AvgIpc) is 3.30. The molecule has 2 aromatic rings. The van der Waals surface area contributed by atoms with E-state index in [0.717, 1.165) is 16.6 Å². The number of pyridine rings is 1. The van der Waals surface area contributed by atoms with Gasteiger partial charge in [-0.1, -0.05) is 20.8 Å². The molecule has 8 heteroatoms. The maximum Gasteiger partial charge on any atom is 0.245 e. The summed E-state index contributed by atoms with van der Waals surface area (Å²) < 4.78 is 0. The summed E-state index contributed by atoms with van der Waals surface area (Å²) in [6.45, 7) is 8.72. The van der Waals surface area contributed by atoms with Crippen LogP contribution in [-0.4, -0.2) is 69.1 Å². The zero-order chi connectivity index (χ0) is 21.8. The molecule has 2 aromatic heterocycles. The topological polar surface area (TPSA) is 110 Å². The van der Waals surface area contributed by atoms with Crippen LogP contribution in [0.2, 0.25) is 0 Å². The molecule has 0 spiro atoms. The molecule has 0 saturated carbocycles. The molecule has 0 aromatic carbocycles. The fourth-order valence-electron chi connectivity index (χ4n) is 4.13. The van der Waals surface area contributed by atoms with Gasteiger partial charge in [0.05, 0.1) is 18.2 Å². The average molecular weight is 416 g/mol. The van der Waals surface area contributed by atoms with E-state index in [1.54, 1.807) is 18.0 Å². The minimum absolute atomic E-state index is 0.0639. The van der Waals surface area contributed by atoms with Crippen LogP contribution in [0.5, 0.6) is 0 Å². The molecule has 4 N–H and O–H groups in total. The third-order valence-electron chi connectivity index (χ3n) is 5.89. The molecule has 1 fully saturated rings. The number of aliphatic hydroxyl groups excluding tert-OH is 1. The van der Waals surface area contributed by atoms with Crippen LogP contribution in [0, 0.1) is 5.92 Å². The Bertz CT molecular complexity index is 881. The minimum Gasteiger partial charge on any atom is -0.391 e. The molecule has 3 rings (SSSR count). The predicted molar refractivity (Wildman–Crippen MR) is 116 cm³/mol. The first-order valence-electron chi connectivity index (χ1n) is 10.8. The zero-order valence-electron chi connectivity index (χ0n) is 18.2. The van der Waals surface area contributed by atoms with E-state index in [0.29, 0.717) is 25.9 Å². The number of aromatic nitrogens is 2. The van der Waals surface area contributed by atoms with Crippen molar-refractivity contribution in [1.29, 1.82) is 0 Å². The molecule has 30 heavy (non-hydrogen) atoms. The summed E-state index contributed by atoms with van der Waals surface area (Å²) in [6.07, 6.45) is 4.09. The first-order valence-corrected chi connectivity index (χ1v) is 10.8. The van der Waals surface area contributed by atoms with Gasteiger partial charge >= 0.3 is 0 Å². The van der Waals surface area contributed by atoms with E-state index >= 15 is 0 Å². The second kappa shape index (κ2) is 9.57. The van der Waals surface area contributed by atoms with Crippen LogP contribution in [0.4, 0.5) is 0 Å². The van der Waals surface area contributed by atoms with Crippen molar-refractivity contribution in [3.05, 3.63) is 30.1 Å². The standard InChI is InChI=1S/C22H33N5O3/c1-5-23-14(4)21(29)26-19(13(2)3)22(30)27-10-8-18(28)17(27)11-15-12-25-20-16(15)7-6-9-24-20/h6-7,9,12-14,17-19,23,28H,5,8,10-11H2,1-4H3,(H,24,25)(H,26,29)/t14-,17-,18?,19-/m0/s1. The van der Waals surface area contributed by atoms with Gasteiger partial charge in [-0.3, -0.25) is 9.59 Å². The summed E-state index contributed by atoms with van der Waals surface area (Å²) >= 11 is 0. The smallest absolute Gasteiger partial charge is 0.245 e. The second-order valence-electron chi connectivity index (χ2n) is 8.38. The largest absolute Gasteiger partial charge is 0.391 e. The van der Waals surface area contributed by atoms with Gasteiger partial charge < -0.3 is 25.6 Å². The lowest BCUT2D eigenvalue weighted by atomic mass is 9.99. The normalized spacial score (nSPS) is 21.2. The summed E-state index contributed by atoms with van der Waals surface area (Å²) in [6, 6.07) is 2.53. The highest BCUT2D eigenvalue weighted by Gasteiger charge is 2.40. The van der Waals surface area contributed by atoms with Gasteiger partial charge in [0, 0.05) is 24.3 Å². The zero-order valence-corrected chi connectivity index (χ0v) is 18.2. The van der Waals surface area contributed by atoms with Crippen LogP contribution in [0.1, 0.15) is 39.7 Å². The van der Waals surface area contributed by atoms with Crippen molar-refractivity contribution in [3.8, 4) is 0 Å². The Kier molecular flexibility index (Phi) is 7.10. The fourth-order valence-corrected chi connectivity index (χ4v) is 4.13. The highest BCUT2D eigenvalue weighted by molar-refractivity contribution is 5.90. The third kappa shape index (κ3) is 4.65. The Morgan fingerprint density at radius 2 is 2.13 bits per heavy atom. The first-order chi connectivity index (χ1) is 14.3. The second-order valence-corrected chi connectivity index (χ2v) is 8.38. The van der Waals surface area contributed by atoms with Crippen LogP contribution in [0.3, 0.4) is 0 Å². The lowest BCUT2D eigenvalue weighted by molar-refractivity contribution is -0.139. The number of nitrogens with one attached hydrogen (secondary N) is 3. The number of aliphatic hydroxyl groups is 1. The Labute approximate surface area is 177 Å². The number of likely N-dealkylation sites (N-methyl/N-ethyl adjacent to an activating group) is 1. The predicted octanol–water partition coefficient (Wildman–Crippen LogP) is 1.21. The van der Waals surface area contributed by atoms with Crippen molar-refractivity contribution in [2.45, 2.75) is 64.8 Å². The fraction of sp³-hybridized carbons (Fsp3) is 0.591. The van der Waals surface area contributed by atoms with Crippen LogP contribution < -0.4 is 10.6 Å². The van der Waals surface area contributed by atoms with Crippen LogP contribution >= 0.6 is 0 Å². The van der Waals surface area contributed by atoms with E-state index in [9.17, 15) is 14.7 Å². The van der Waals surface area contributed by atoms with E-state index < -0.39 is 12.1 Å². The molecule has 1 aliphatic rings. The highest BCUT2D eigenvalue weighted by Crippen LogP contribution is 2.26. The van der Waals surface area contributed by atoms with E-state index in [2.05, 4.69) is 20.6 Å². The first kappa shape index (κ1) is 22.2. The molecule has 2 amide bonds. The Morgan fingerprint density at radius 3 is 2.83 bits per heavy atom. The van der Waals surface area contributed by atoms with E-state index in [4.69, 9.17) is 0 Å². The highest BCUT2D eigenvalue weighted by atomic mass is 16.3. The summed E-state index contributed by atoms with van der Waals surface area (Å²) in [5, 5.41) is 17.6. The molecular formula is C22H33N5O3. The number of fused-ring (bicyclic) bond motifs is 1. The Morgan fingerprint density at radius 1 is 1.37 bits per heavy atom. The van der Waals surface area contributed by atoms with Crippen molar-refractivity contribution in [2.75, 3.05) is 13.1 Å². The van der Waals surface area contributed by atoms with Crippen LogP contribution in [0.15, 0.2) is 24.5 Å². The summed E-state index contributed by atoms with van der Waals surface area (Å²) in [7, 11) is 0. The van der Waals surface area contributed by atoms with E-state index in [1.807, 2.05) is 39.1 Å². The van der Waals surface area contributed by atoms with Gasteiger partial charge in [0.2, 0.25) is 11.8 Å². The minimum atomic E-state index is -0.629. The molecule has 0 aliphatic carbocycles. The monoisotopic (exact) mass is 415 g/mol. The van der Waals surface area contributed by atoms with Gasteiger partial charge in [-0.15, -0.1) is 0 Å². The third-order valence-corrected chi connectivity index (χ3v) is 5.89. The summed E-state index contributed by atoms with van der Waals surface area (Å²) in [5.74, 6) is -0.393. The Hall–Kier alpha value is -2.45. The maximum atomic E-state index is 13.4. The molecule has 0 bridgehead atoms. The van der Waals surface area contributed by atoms with Crippen molar-refractivity contribution < 1.29 is 14.7 Å². The molecular weight excluding hydrogens is 382 g/mol. The molecule has 0 radical (unpaired) electrons.